The third-order valence-electron chi connectivity index (χ3n) is 7.08. The quantitative estimate of drug-likeness (QED) is 0.118. The van der Waals surface area contributed by atoms with Gasteiger partial charge >= 0.3 is 219 Å². The number of unbranched alkanes of at least 4 members (excludes halogenated alkanes) is 3. The molecule has 0 aliphatic carbocycles. The van der Waals surface area contributed by atoms with E-state index in [1.54, 1.807) is 9.09 Å². The average molecular weight is 594 g/mol. The maximum absolute atomic E-state index is 13.6. The number of hydrogen-bond donors (Lipinski definition) is 0. The normalized spacial score (nSPS) is 11.9. The van der Waals surface area contributed by atoms with Gasteiger partial charge in [0.1, 0.15) is 0 Å². The molecule has 0 aliphatic rings. The van der Waals surface area contributed by atoms with Crippen LogP contribution in [0.2, 0.25) is 13.3 Å². The summed E-state index contributed by atoms with van der Waals surface area (Å²) >= 11 is -0.692. The molecule has 0 fully saturated rings. The molecule has 3 aromatic heterocycles. The SMILES string of the molecule is CCC[CH2][Sn]([CH2]CCC)([CH2]CCC)[c]1cn2cnc(C(=O)c3cncc(-c4ccccc4)c3)c2s1. The van der Waals surface area contributed by atoms with Crippen LogP contribution in [-0.4, -0.2) is 38.5 Å². The third kappa shape index (κ3) is 5.88. The first-order valence-electron chi connectivity index (χ1n) is 13.1. The zero-order valence-corrected chi connectivity index (χ0v) is 25.0. The van der Waals surface area contributed by atoms with Gasteiger partial charge in [0.25, 0.3) is 0 Å². The number of benzene rings is 1. The summed E-state index contributed by atoms with van der Waals surface area (Å²) in [6.45, 7) is 6.94. The molecule has 4 nitrogen and oxygen atoms in total. The average Bonchev–Trinajstić information content (AvgIpc) is 3.50. The molecule has 4 rings (SSSR count). The second kappa shape index (κ2) is 12.3. The fraction of sp³-hybridized carbons (Fsp3) is 0.414. The van der Waals surface area contributed by atoms with E-state index < -0.39 is 18.4 Å². The topological polar surface area (TPSA) is 47.3 Å². The van der Waals surface area contributed by atoms with E-state index in [1.807, 2.05) is 60.3 Å². The molecule has 0 amide bonds. The van der Waals surface area contributed by atoms with Gasteiger partial charge in [0.15, 0.2) is 0 Å². The molecule has 0 radical (unpaired) electrons. The number of fused-ring (bicyclic) bond motifs is 1. The summed E-state index contributed by atoms with van der Waals surface area (Å²) in [4.78, 5) is 23.5. The molecule has 0 saturated carbocycles. The summed E-state index contributed by atoms with van der Waals surface area (Å²) in [5.74, 6) is -0.0392. The van der Waals surface area contributed by atoms with Crippen molar-refractivity contribution < 1.29 is 4.79 Å². The van der Waals surface area contributed by atoms with Gasteiger partial charge in [0, 0.05) is 0 Å². The van der Waals surface area contributed by atoms with E-state index in [-0.39, 0.29) is 5.78 Å². The Morgan fingerprint density at radius 3 is 2.20 bits per heavy atom. The van der Waals surface area contributed by atoms with Crippen molar-refractivity contribution >= 4 is 43.2 Å². The van der Waals surface area contributed by atoms with Crippen molar-refractivity contribution in [2.24, 2.45) is 0 Å². The Morgan fingerprint density at radius 2 is 1.57 bits per heavy atom. The summed E-state index contributed by atoms with van der Waals surface area (Å²) in [5.41, 5.74) is 3.17. The second-order valence-corrected chi connectivity index (χ2v) is 24.8. The predicted octanol–water partition coefficient (Wildman–Crippen LogP) is 7.74. The molecular weight excluding hydrogens is 557 g/mol. The summed E-state index contributed by atoms with van der Waals surface area (Å²) in [6.07, 6.45) is 15.4. The molecule has 0 unspecified atom stereocenters. The van der Waals surface area contributed by atoms with Crippen LogP contribution in [0.1, 0.15) is 75.3 Å². The van der Waals surface area contributed by atoms with Crippen LogP contribution in [0, 0.1) is 0 Å². The molecule has 0 spiro atoms. The fourth-order valence-corrected chi connectivity index (χ4v) is 25.0. The van der Waals surface area contributed by atoms with Crippen LogP contribution >= 0.6 is 11.3 Å². The molecule has 0 N–H and O–H groups in total. The van der Waals surface area contributed by atoms with Crippen molar-refractivity contribution in [2.45, 2.75) is 72.6 Å². The molecule has 4 aromatic rings. The third-order valence-corrected chi connectivity index (χ3v) is 26.4. The summed E-state index contributed by atoms with van der Waals surface area (Å²) in [5, 5.41) is 0. The first kappa shape index (κ1) is 26.1. The Morgan fingerprint density at radius 1 is 0.914 bits per heavy atom. The minimum absolute atomic E-state index is 0.0392. The van der Waals surface area contributed by atoms with Crippen LogP contribution in [0.15, 0.2) is 61.3 Å². The monoisotopic (exact) mass is 595 g/mol. The van der Waals surface area contributed by atoms with E-state index in [0.29, 0.717) is 11.3 Å². The van der Waals surface area contributed by atoms with Crippen LogP contribution in [0.25, 0.3) is 16.0 Å². The van der Waals surface area contributed by atoms with Crippen molar-refractivity contribution in [1.29, 1.82) is 0 Å². The van der Waals surface area contributed by atoms with Crippen LogP contribution in [0.4, 0.5) is 0 Å². The van der Waals surface area contributed by atoms with Crippen molar-refractivity contribution in [3.05, 3.63) is 72.6 Å². The Balaban J connectivity index is 1.70. The first-order chi connectivity index (χ1) is 17.1. The number of pyridine rings is 1. The zero-order chi connectivity index (χ0) is 24.7. The number of thiazole rings is 1. The van der Waals surface area contributed by atoms with E-state index in [1.165, 1.54) is 51.8 Å². The molecule has 6 heteroatoms. The van der Waals surface area contributed by atoms with Gasteiger partial charge in [-0.3, -0.25) is 0 Å². The van der Waals surface area contributed by atoms with E-state index >= 15 is 0 Å². The first-order valence-corrected chi connectivity index (χ1v) is 21.4. The molecule has 35 heavy (non-hydrogen) atoms. The van der Waals surface area contributed by atoms with E-state index in [9.17, 15) is 4.79 Å². The van der Waals surface area contributed by atoms with E-state index in [0.717, 1.165) is 16.0 Å². The van der Waals surface area contributed by atoms with Gasteiger partial charge in [-0.05, 0) is 0 Å². The van der Waals surface area contributed by atoms with Crippen LogP contribution in [0.3, 0.4) is 0 Å². The standard InChI is InChI=1S/C17H10N3OS.3C4H9.Sn/c21-16(15-17-20(11-19-15)6-7-22-17)14-8-13(9-18-10-14)12-4-2-1-3-5-12;3*1-3-4-2;/h1-6,8-11H;3*1,3-4H2,2H3;. The number of hydrogen-bond acceptors (Lipinski definition) is 4. The Labute approximate surface area is 217 Å². The Bertz CT molecular complexity index is 1230. The van der Waals surface area contributed by atoms with Crippen LogP contribution < -0.4 is 2.89 Å². The summed E-state index contributed by atoms with van der Waals surface area (Å²) in [7, 11) is 0. The van der Waals surface area contributed by atoms with Gasteiger partial charge in [-0.15, -0.1) is 0 Å². The summed E-state index contributed by atoms with van der Waals surface area (Å²) in [6, 6.07) is 12.0. The number of carbonyl (C=O) groups excluding carboxylic acids is 1. The van der Waals surface area contributed by atoms with Gasteiger partial charge in [-0.1, -0.05) is 0 Å². The molecular formula is C29H37N3OSSn. The van der Waals surface area contributed by atoms with Gasteiger partial charge < -0.3 is 0 Å². The van der Waals surface area contributed by atoms with E-state index in [2.05, 4.69) is 41.3 Å². The Kier molecular flexibility index (Phi) is 9.17. The van der Waals surface area contributed by atoms with Crippen molar-refractivity contribution in [1.82, 2.24) is 14.4 Å². The van der Waals surface area contributed by atoms with E-state index in [4.69, 9.17) is 0 Å². The number of nitrogens with zero attached hydrogens (tertiary/aromatic N) is 3. The number of rotatable bonds is 13. The molecule has 184 valence electrons. The number of imidazole rings is 1. The van der Waals surface area contributed by atoms with Crippen LogP contribution in [0.5, 0.6) is 0 Å². The molecule has 0 atom stereocenters. The van der Waals surface area contributed by atoms with Crippen LogP contribution in [-0.2, 0) is 0 Å². The molecule has 0 bridgehead atoms. The Hall–Kier alpha value is -1.99. The molecule has 0 aliphatic heterocycles. The molecule has 1 aromatic carbocycles. The van der Waals surface area contributed by atoms with Gasteiger partial charge in [-0.25, -0.2) is 0 Å². The van der Waals surface area contributed by atoms with Gasteiger partial charge in [0.2, 0.25) is 0 Å². The predicted molar refractivity (Wildman–Crippen MR) is 151 cm³/mol. The van der Waals surface area contributed by atoms with Gasteiger partial charge in [0.05, 0.1) is 0 Å². The summed E-state index contributed by atoms with van der Waals surface area (Å²) < 4.78 is 8.02. The number of ketones is 1. The van der Waals surface area contributed by atoms with Gasteiger partial charge in [-0.2, -0.15) is 0 Å². The molecule has 3 heterocycles. The van der Waals surface area contributed by atoms with Crippen molar-refractivity contribution in [3.63, 3.8) is 0 Å². The number of carbonyl (C=O) groups is 1. The molecule has 0 saturated heterocycles. The fourth-order valence-electron chi connectivity index (χ4n) is 4.98. The zero-order valence-electron chi connectivity index (χ0n) is 21.3. The minimum atomic E-state index is -2.56. The van der Waals surface area contributed by atoms with Crippen molar-refractivity contribution in [2.75, 3.05) is 0 Å². The maximum atomic E-state index is 13.6. The van der Waals surface area contributed by atoms with Crippen molar-refractivity contribution in [3.8, 4) is 11.1 Å². The number of aromatic nitrogens is 3. The second-order valence-electron chi connectivity index (χ2n) is 9.65.